The lowest BCUT2D eigenvalue weighted by atomic mass is 10.0. The topological polar surface area (TPSA) is 78.9 Å². The molecule has 6 nitrogen and oxygen atoms in total. The summed E-state index contributed by atoms with van der Waals surface area (Å²) in [5.41, 5.74) is 0. The van der Waals surface area contributed by atoms with Crippen molar-refractivity contribution in [2.24, 2.45) is 0 Å². The Balaban J connectivity index is 3.95. The Labute approximate surface area is 467 Å². The van der Waals surface area contributed by atoms with Crippen LogP contribution in [0.15, 0.2) is 48.6 Å². The Morgan fingerprint density at radius 2 is 0.493 bits per heavy atom. The molecule has 438 valence electrons. The molecular formula is C69H126O6. The van der Waals surface area contributed by atoms with Gasteiger partial charge in [-0.25, -0.2) is 0 Å². The lowest BCUT2D eigenvalue weighted by Gasteiger charge is -2.18. The number of ether oxygens (including phenoxy) is 3. The van der Waals surface area contributed by atoms with E-state index in [9.17, 15) is 14.4 Å². The summed E-state index contributed by atoms with van der Waals surface area (Å²) < 4.78 is 16.8. The van der Waals surface area contributed by atoms with E-state index in [2.05, 4.69) is 69.4 Å². The second kappa shape index (κ2) is 63.9. The summed E-state index contributed by atoms with van der Waals surface area (Å²) in [6.07, 6.45) is 80.2. The van der Waals surface area contributed by atoms with Gasteiger partial charge in [0.05, 0.1) is 0 Å². The van der Waals surface area contributed by atoms with Crippen LogP contribution in [0.3, 0.4) is 0 Å². The van der Waals surface area contributed by atoms with Gasteiger partial charge in [-0.1, -0.05) is 294 Å². The van der Waals surface area contributed by atoms with Crippen molar-refractivity contribution in [3.05, 3.63) is 48.6 Å². The van der Waals surface area contributed by atoms with Crippen LogP contribution in [0.5, 0.6) is 0 Å². The van der Waals surface area contributed by atoms with Crippen molar-refractivity contribution < 1.29 is 28.6 Å². The van der Waals surface area contributed by atoms with Crippen LogP contribution in [-0.4, -0.2) is 37.2 Å². The van der Waals surface area contributed by atoms with Gasteiger partial charge >= 0.3 is 17.9 Å². The highest BCUT2D eigenvalue weighted by molar-refractivity contribution is 5.71. The van der Waals surface area contributed by atoms with Gasteiger partial charge in [-0.05, 0) is 89.9 Å². The summed E-state index contributed by atoms with van der Waals surface area (Å²) in [5.74, 6) is -0.880. The fourth-order valence-corrected chi connectivity index (χ4v) is 9.73. The maximum absolute atomic E-state index is 12.8. The number of unbranched alkanes of at least 4 members (excludes halogenated alkanes) is 42. The minimum Gasteiger partial charge on any atom is -0.462 e. The molecule has 0 fully saturated rings. The van der Waals surface area contributed by atoms with E-state index in [0.29, 0.717) is 19.3 Å². The van der Waals surface area contributed by atoms with Gasteiger partial charge in [-0.15, -0.1) is 0 Å². The summed E-state index contributed by atoms with van der Waals surface area (Å²) in [6.45, 7) is 6.57. The highest BCUT2D eigenvalue weighted by atomic mass is 16.6. The van der Waals surface area contributed by atoms with Gasteiger partial charge in [-0.3, -0.25) is 14.4 Å². The van der Waals surface area contributed by atoms with Gasteiger partial charge in [0.15, 0.2) is 6.10 Å². The van der Waals surface area contributed by atoms with Gasteiger partial charge in [0.2, 0.25) is 0 Å². The lowest BCUT2D eigenvalue weighted by molar-refractivity contribution is -0.167. The van der Waals surface area contributed by atoms with Crippen LogP contribution in [0.25, 0.3) is 0 Å². The van der Waals surface area contributed by atoms with Gasteiger partial charge in [0.25, 0.3) is 0 Å². The molecule has 0 N–H and O–H groups in total. The summed E-state index contributed by atoms with van der Waals surface area (Å²) in [6, 6.07) is 0. The molecule has 0 aliphatic carbocycles. The van der Waals surface area contributed by atoms with Crippen molar-refractivity contribution in [1.82, 2.24) is 0 Å². The maximum Gasteiger partial charge on any atom is 0.306 e. The van der Waals surface area contributed by atoms with E-state index in [0.717, 1.165) is 83.5 Å². The zero-order valence-corrected chi connectivity index (χ0v) is 50.3. The molecule has 1 unspecified atom stereocenters. The van der Waals surface area contributed by atoms with Crippen LogP contribution in [0.2, 0.25) is 0 Å². The Hall–Kier alpha value is -2.63. The molecule has 0 saturated carbocycles. The average Bonchev–Trinajstić information content (AvgIpc) is 3.41. The van der Waals surface area contributed by atoms with Crippen molar-refractivity contribution in [2.45, 2.75) is 361 Å². The van der Waals surface area contributed by atoms with Crippen LogP contribution >= 0.6 is 0 Å². The summed E-state index contributed by atoms with van der Waals surface area (Å²) >= 11 is 0. The molecule has 0 aromatic rings. The molecule has 0 radical (unpaired) electrons. The third-order valence-electron chi connectivity index (χ3n) is 14.8. The molecule has 0 aliphatic rings. The Bertz CT molecular complexity index is 1300. The van der Waals surface area contributed by atoms with E-state index in [1.165, 1.54) is 231 Å². The number of allylic oxidation sites excluding steroid dienone is 8. The SMILES string of the molecule is CCCC/C=C\CCCCCCCC(=O)OCC(COC(=O)CCCCCCCCCCCCCCCCCCCCCCCCC/C=C\C/C=C\CCCCCCC)OC(=O)CCCCCCC/C=C\CCCC. The molecule has 1 atom stereocenters. The normalized spacial score (nSPS) is 12.3. The van der Waals surface area contributed by atoms with Crippen LogP contribution in [0.1, 0.15) is 355 Å². The second-order valence-electron chi connectivity index (χ2n) is 22.4. The Morgan fingerprint density at radius 3 is 0.787 bits per heavy atom. The third kappa shape index (κ3) is 62.1. The zero-order valence-electron chi connectivity index (χ0n) is 50.3. The van der Waals surface area contributed by atoms with Crippen molar-refractivity contribution in [3.8, 4) is 0 Å². The van der Waals surface area contributed by atoms with Crippen molar-refractivity contribution in [3.63, 3.8) is 0 Å². The maximum atomic E-state index is 12.8. The Morgan fingerprint density at radius 1 is 0.267 bits per heavy atom. The standard InChI is InChI=1S/C69H126O6/c1-4-7-10-13-16-19-22-23-24-25-26-27-28-29-30-31-32-33-34-35-36-37-38-39-40-41-42-43-44-45-48-50-53-56-59-62-68(71)74-65-66(75-69(72)63-60-57-54-51-47-21-18-15-12-9-6-3)64-73-67(70)61-58-55-52-49-46-20-17-14-11-8-5-2/h14-15,17-18,22-23,25-26,66H,4-13,16,19-21,24,27-65H2,1-3H3/b17-14-,18-15-,23-22-,26-25-. The molecule has 0 spiro atoms. The highest BCUT2D eigenvalue weighted by Crippen LogP contribution is 2.18. The average molecular weight is 1050 g/mol. The first-order valence-corrected chi connectivity index (χ1v) is 33.1. The van der Waals surface area contributed by atoms with E-state index < -0.39 is 6.10 Å². The monoisotopic (exact) mass is 1050 g/mol. The summed E-state index contributed by atoms with van der Waals surface area (Å²) in [5, 5.41) is 0. The highest BCUT2D eigenvalue weighted by Gasteiger charge is 2.19. The number of esters is 3. The first kappa shape index (κ1) is 72.4. The fraction of sp³-hybridized carbons (Fsp3) is 0.841. The van der Waals surface area contributed by atoms with Crippen LogP contribution < -0.4 is 0 Å². The summed E-state index contributed by atoms with van der Waals surface area (Å²) in [4.78, 5) is 38.1. The molecule has 0 saturated heterocycles. The van der Waals surface area contributed by atoms with Crippen molar-refractivity contribution in [1.29, 1.82) is 0 Å². The molecule has 75 heavy (non-hydrogen) atoms. The molecule has 0 aliphatic heterocycles. The second-order valence-corrected chi connectivity index (χ2v) is 22.4. The quantitative estimate of drug-likeness (QED) is 0.0261. The smallest absolute Gasteiger partial charge is 0.306 e. The van der Waals surface area contributed by atoms with E-state index in [-0.39, 0.29) is 31.1 Å². The summed E-state index contributed by atoms with van der Waals surface area (Å²) in [7, 11) is 0. The van der Waals surface area contributed by atoms with E-state index in [1.807, 2.05) is 0 Å². The zero-order chi connectivity index (χ0) is 54.3. The van der Waals surface area contributed by atoms with Gasteiger partial charge in [0.1, 0.15) is 13.2 Å². The lowest BCUT2D eigenvalue weighted by Crippen LogP contribution is -2.30. The predicted octanol–water partition coefficient (Wildman–Crippen LogP) is 22.6. The van der Waals surface area contributed by atoms with Gasteiger partial charge < -0.3 is 14.2 Å². The first-order valence-electron chi connectivity index (χ1n) is 33.1. The molecule has 0 heterocycles. The van der Waals surface area contributed by atoms with Crippen LogP contribution in [0, 0.1) is 0 Å². The number of hydrogen-bond donors (Lipinski definition) is 0. The predicted molar refractivity (Wildman–Crippen MR) is 325 cm³/mol. The van der Waals surface area contributed by atoms with E-state index in [1.54, 1.807) is 0 Å². The van der Waals surface area contributed by atoms with E-state index >= 15 is 0 Å². The van der Waals surface area contributed by atoms with Crippen LogP contribution in [0.4, 0.5) is 0 Å². The largest absolute Gasteiger partial charge is 0.462 e. The van der Waals surface area contributed by atoms with Gasteiger partial charge in [0, 0.05) is 19.3 Å². The van der Waals surface area contributed by atoms with Crippen molar-refractivity contribution >= 4 is 17.9 Å². The minimum absolute atomic E-state index is 0.0753. The Kier molecular flexibility index (Phi) is 61.7. The molecule has 0 aromatic heterocycles. The number of rotatable bonds is 61. The third-order valence-corrected chi connectivity index (χ3v) is 14.8. The van der Waals surface area contributed by atoms with Crippen LogP contribution in [-0.2, 0) is 28.6 Å². The molecule has 0 bridgehead atoms. The molecule has 6 heteroatoms. The van der Waals surface area contributed by atoms with Gasteiger partial charge in [-0.2, -0.15) is 0 Å². The minimum atomic E-state index is -0.777. The molecule has 0 rings (SSSR count). The number of hydrogen-bond acceptors (Lipinski definition) is 6. The molecule has 0 amide bonds. The van der Waals surface area contributed by atoms with Crippen molar-refractivity contribution in [2.75, 3.05) is 13.2 Å². The molecule has 0 aromatic carbocycles. The number of carbonyl (C=O) groups excluding carboxylic acids is 3. The molecular weight excluding hydrogens is 925 g/mol. The van der Waals surface area contributed by atoms with E-state index in [4.69, 9.17) is 14.2 Å². The number of carbonyl (C=O) groups is 3. The first-order chi connectivity index (χ1) is 37.0. The fourth-order valence-electron chi connectivity index (χ4n) is 9.73.